The van der Waals surface area contributed by atoms with Gasteiger partial charge < -0.3 is 10.2 Å². The molecule has 0 radical (unpaired) electrons. The Morgan fingerprint density at radius 3 is 2.86 bits per heavy atom. The van der Waals surface area contributed by atoms with E-state index in [0.29, 0.717) is 23.5 Å². The summed E-state index contributed by atoms with van der Waals surface area (Å²) in [6.45, 7) is 0.618. The highest BCUT2D eigenvalue weighted by molar-refractivity contribution is 6.08. The zero-order valence-corrected chi connectivity index (χ0v) is 15.9. The van der Waals surface area contributed by atoms with Gasteiger partial charge in [-0.3, -0.25) is 19.7 Å². The van der Waals surface area contributed by atoms with Crippen LogP contribution in [0.2, 0.25) is 0 Å². The first-order valence-electron chi connectivity index (χ1n) is 9.93. The summed E-state index contributed by atoms with van der Waals surface area (Å²) in [5.74, 6) is -0.297. The number of hydrogen-bond acceptors (Lipinski definition) is 4. The molecule has 0 fully saturated rings. The van der Waals surface area contributed by atoms with Gasteiger partial charge in [-0.1, -0.05) is 6.07 Å². The Morgan fingerprint density at radius 2 is 2.00 bits per heavy atom. The summed E-state index contributed by atoms with van der Waals surface area (Å²) < 4.78 is 0. The second-order valence-electron chi connectivity index (χ2n) is 7.48. The number of anilines is 2. The zero-order chi connectivity index (χ0) is 19.8. The molecule has 2 aliphatic rings. The molecular formula is C22H21N5O2. The number of aromatic nitrogens is 3. The van der Waals surface area contributed by atoms with Crippen molar-refractivity contribution in [3.05, 3.63) is 70.8 Å². The number of aromatic amines is 1. The van der Waals surface area contributed by atoms with Crippen LogP contribution in [0.3, 0.4) is 0 Å². The predicted molar refractivity (Wildman–Crippen MR) is 109 cm³/mol. The van der Waals surface area contributed by atoms with Gasteiger partial charge in [-0.2, -0.15) is 5.10 Å². The number of carbonyl (C=O) groups excluding carboxylic acids is 2. The van der Waals surface area contributed by atoms with Gasteiger partial charge in [0, 0.05) is 41.6 Å². The summed E-state index contributed by atoms with van der Waals surface area (Å²) in [7, 11) is 0. The predicted octanol–water partition coefficient (Wildman–Crippen LogP) is 3.14. The fourth-order valence-electron chi connectivity index (χ4n) is 4.17. The minimum absolute atomic E-state index is 0.0818. The van der Waals surface area contributed by atoms with Crippen molar-refractivity contribution in [2.45, 2.75) is 32.1 Å². The molecule has 1 aliphatic carbocycles. The first-order chi connectivity index (χ1) is 14.2. The summed E-state index contributed by atoms with van der Waals surface area (Å²) in [6, 6.07) is 9.24. The molecule has 0 unspecified atom stereocenters. The van der Waals surface area contributed by atoms with E-state index in [9.17, 15) is 9.59 Å². The van der Waals surface area contributed by atoms with Crippen LogP contribution >= 0.6 is 0 Å². The maximum atomic E-state index is 12.9. The fraction of sp³-hybridized carbons (Fsp3) is 0.273. The third kappa shape index (κ3) is 3.18. The molecule has 0 saturated carbocycles. The summed E-state index contributed by atoms with van der Waals surface area (Å²) in [5.41, 5.74) is 5.72. The highest BCUT2D eigenvalue weighted by atomic mass is 16.2. The highest BCUT2D eigenvalue weighted by Crippen LogP contribution is 2.32. The third-order valence-electron chi connectivity index (χ3n) is 5.66. The lowest BCUT2D eigenvalue weighted by Gasteiger charge is -2.18. The lowest BCUT2D eigenvalue weighted by Crippen LogP contribution is -2.29. The van der Waals surface area contributed by atoms with E-state index >= 15 is 0 Å². The molecule has 3 aromatic rings. The minimum Gasteiger partial charge on any atom is -0.321 e. The summed E-state index contributed by atoms with van der Waals surface area (Å²) in [4.78, 5) is 31.5. The monoisotopic (exact) mass is 387 g/mol. The van der Waals surface area contributed by atoms with Gasteiger partial charge in [0.2, 0.25) is 0 Å². The smallest absolute Gasteiger partial charge is 0.276 e. The Bertz CT molecular complexity index is 1090. The van der Waals surface area contributed by atoms with Crippen LogP contribution in [0.25, 0.3) is 0 Å². The number of nitrogens with one attached hydrogen (secondary N) is 2. The maximum Gasteiger partial charge on any atom is 0.276 e. The average molecular weight is 387 g/mol. The number of amides is 2. The molecule has 5 rings (SSSR count). The SMILES string of the molecule is O=C(Nc1ccc2c(c1)N(C(=O)c1cccnc1)CC2)c1n[nH]c2c1CCCC2. The van der Waals surface area contributed by atoms with Crippen molar-refractivity contribution in [1.29, 1.82) is 0 Å². The van der Waals surface area contributed by atoms with Crippen molar-refractivity contribution in [3.8, 4) is 0 Å². The van der Waals surface area contributed by atoms with Crippen LogP contribution in [0.5, 0.6) is 0 Å². The van der Waals surface area contributed by atoms with Gasteiger partial charge in [-0.25, -0.2) is 0 Å². The molecule has 0 bridgehead atoms. The molecular weight excluding hydrogens is 366 g/mol. The summed E-state index contributed by atoms with van der Waals surface area (Å²) in [6.07, 6.45) is 8.05. The number of pyridine rings is 1. The number of fused-ring (bicyclic) bond motifs is 2. The van der Waals surface area contributed by atoms with E-state index in [1.165, 1.54) is 0 Å². The number of carbonyl (C=O) groups is 2. The first kappa shape index (κ1) is 17.6. The van der Waals surface area contributed by atoms with Gasteiger partial charge in [-0.05, 0) is 61.9 Å². The van der Waals surface area contributed by atoms with Crippen molar-refractivity contribution in [1.82, 2.24) is 15.2 Å². The van der Waals surface area contributed by atoms with Gasteiger partial charge in [-0.15, -0.1) is 0 Å². The Balaban J connectivity index is 1.39. The number of benzene rings is 1. The Hall–Kier alpha value is -3.48. The second kappa shape index (κ2) is 7.16. The number of nitrogens with zero attached hydrogens (tertiary/aromatic N) is 3. The van der Waals surface area contributed by atoms with E-state index in [2.05, 4.69) is 20.5 Å². The maximum absolute atomic E-state index is 12.9. The van der Waals surface area contributed by atoms with Crippen LogP contribution in [-0.2, 0) is 19.3 Å². The number of rotatable bonds is 3. The van der Waals surface area contributed by atoms with Gasteiger partial charge >= 0.3 is 0 Å². The molecule has 7 heteroatoms. The van der Waals surface area contributed by atoms with Crippen LogP contribution in [0, 0.1) is 0 Å². The van der Waals surface area contributed by atoms with Crippen LogP contribution in [0.15, 0.2) is 42.7 Å². The third-order valence-corrected chi connectivity index (χ3v) is 5.66. The van der Waals surface area contributed by atoms with E-state index in [-0.39, 0.29) is 11.8 Å². The molecule has 0 spiro atoms. The molecule has 2 N–H and O–H groups in total. The highest BCUT2D eigenvalue weighted by Gasteiger charge is 2.27. The minimum atomic E-state index is -0.215. The van der Waals surface area contributed by atoms with E-state index in [1.54, 1.807) is 29.4 Å². The lowest BCUT2D eigenvalue weighted by molar-refractivity contribution is 0.0987. The molecule has 0 atom stereocenters. The van der Waals surface area contributed by atoms with Crippen LogP contribution < -0.4 is 10.2 Å². The Kier molecular flexibility index (Phi) is 4.35. The lowest BCUT2D eigenvalue weighted by atomic mass is 9.96. The molecule has 3 heterocycles. The van der Waals surface area contributed by atoms with Crippen LogP contribution in [0.1, 0.15) is 50.5 Å². The normalized spacial score (nSPS) is 15.0. The summed E-state index contributed by atoms with van der Waals surface area (Å²) >= 11 is 0. The average Bonchev–Trinajstić information content (AvgIpc) is 3.38. The fourth-order valence-corrected chi connectivity index (χ4v) is 4.17. The van der Waals surface area contributed by atoms with Gasteiger partial charge in [0.25, 0.3) is 11.8 Å². The van der Waals surface area contributed by atoms with Crippen molar-refractivity contribution >= 4 is 23.2 Å². The van der Waals surface area contributed by atoms with Crippen LogP contribution in [0.4, 0.5) is 11.4 Å². The number of aryl methyl sites for hydroxylation is 1. The van der Waals surface area contributed by atoms with E-state index in [4.69, 9.17) is 0 Å². The first-order valence-corrected chi connectivity index (χ1v) is 9.93. The van der Waals surface area contributed by atoms with Crippen molar-refractivity contribution in [2.24, 2.45) is 0 Å². The van der Waals surface area contributed by atoms with Gasteiger partial charge in [0.05, 0.1) is 5.56 Å². The van der Waals surface area contributed by atoms with Crippen LogP contribution in [-0.4, -0.2) is 33.5 Å². The molecule has 146 valence electrons. The van der Waals surface area contributed by atoms with E-state index in [1.807, 2.05) is 18.2 Å². The molecule has 0 saturated heterocycles. The topological polar surface area (TPSA) is 91.0 Å². The molecule has 2 aromatic heterocycles. The quantitative estimate of drug-likeness (QED) is 0.722. The molecule has 29 heavy (non-hydrogen) atoms. The number of hydrogen-bond donors (Lipinski definition) is 2. The van der Waals surface area contributed by atoms with Gasteiger partial charge in [0.1, 0.15) is 0 Å². The zero-order valence-electron chi connectivity index (χ0n) is 15.9. The second-order valence-corrected chi connectivity index (χ2v) is 7.48. The van der Waals surface area contributed by atoms with Crippen molar-refractivity contribution in [2.75, 3.05) is 16.8 Å². The summed E-state index contributed by atoms with van der Waals surface area (Å²) in [5, 5.41) is 10.2. The Morgan fingerprint density at radius 1 is 1.10 bits per heavy atom. The Labute approximate surface area is 168 Å². The van der Waals surface area contributed by atoms with Crippen molar-refractivity contribution in [3.63, 3.8) is 0 Å². The van der Waals surface area contributed by atoms with Crippen molar-refractivity contribution < 1.29 is 9.59 Å². The number of H-pyrrole nitrogens is 1. The molecule has 1 aliphatic heterocycles. The molecule has 2 amide bonds. The van der Waals surface area contributed by atoms with E-state index < -0.39 is 0 Å². The van der Waals surface area contributed by atoms with E-state index in [0.717, 1.165) is 54.6 Å². The largest absolute Gasteiger partial charge is 0.321 e. The molecule has 1 aromatic carbocycles. The molecule has 7 nitrogen and oxygen atoms in total. The standard InChI is InChI=1S/C22H21N5O2/c28-21(20-17-5-1-2-6-18(17)25-26-20)24-16-8-7-14-9-11-27(19(14)12-16)22(29)15-4-3-10-23-13-15/h3-4,7-8,10,12-13H,1-2,5-6,9,11H2,(H,24,28)(H,25,26). The van der Waals surface area contributed by atoms with Gasteiger partial charge in [0.15, 0.2) is 5.69 Å².